The SMILES string of the molecule is C=CC(=O)OCCCCOC(=O)Oc1ccc(C(=O)Oc2ccc3cc(OC(=O)c4ccc(OC(=O)OCCCCOC(=O)C=C)cc4)c(CC)cc3c2)cc1. The van der Waals surface area contributed by atoms with Gasteiger partial charge in [-0.05, 0) is 121 Å². The van der Waals surface area contributed by atoms with E-state index in [4.69, 9.17) is 37.9 Å². The molecule has 0 aromatic heterocycles. The van der Waals surface area contributed by atoms with Gasteiger partial charge in [-0.15, -0.1) is 0 Å². The van der Waals surface area contributed by atoms with Gasteiger partial charge in [-0.1, -0.05) is 26.1 Å². The Morgan fingerprint density at radius 2 is 0.946 bits per heavy atom. The molecule has 0 fully saturated rings. The highest BCUT2D eigenvalue weighted by Crippen LogP contribution is 2.30. The number of benzene rings is 4. The second-order valence-electron chi connectivity index (χ2n) is 11.7. The molecule has 0 radical (unpaired) electrons. The Morgan fingerprint density at radius 1 is 0.500 bits per heavy atom. The molecule has 0 unspecified atom stereocenters. The number of esters is 4. The first-order chi connectivity index (χ1) is 27.1. The van der Waals surface area contributed by atoms with Crippen LogP contribution in [-0.4, -0.2) is 62.6 Å². The monoisotopic (exact) mass is 768 g/mol. The van der Waals surface area contributed by atoms with Gasteiger partial charge in [-0.3, -0.25) is 0 Å². The zero-order valence-electron chi connectivity index (χ0n) is 30.7. The second kappa shape index (κ2) is 21.7. The maximum absolute atomic E-state index is 13.0. The molecule has 4 aromatic carbocycles. The molecule has 0 N–H and O–H groups in total. The van der Waals surface area contributed by atoms with Gasteiger partial charge >= 0.3 is 36.2 Å². The largest absolute Gasteiger partial charge is 0.513 e. The number of unbranched alkanes of at least 4 members (excludes halogenated alkanes) is 2. The molecule has 56 heavy (non-hydrogen) atoms. The number of carbonyl (C=O) groups excluding carboxylic acids is 6. The Morgan fingerprint density at radius 3 is 1.41 bits per heavy atom. The Balaban J connectivity index is 1.25. The van der Waals surface area contributed by atoms with Crippen LogP contribution in [0.3, 0.4) is 0 Å². The summed E-state index contributed by atoms with van der Waals surface area (Å²) in [6, 6.07) is 20.2. The average molecular weight is 769 g/mol. The average Bonchev–Trinajstić information content (AvgIpc) is 3.20. The number of carbonyl (C=O) groups is 6. The van der Waals surface area contributed by atoms with E-state index in [0.29, 0.717) is 37.9 Å². The van der Waals surface area contributed by atoms with Gasteiger partial charge in [0.15, 0.2) is 0 Å². The molecule has 0 saturated heterocycles. The molecule has 4 rings (SSSR count). The third-order valence-electron chi connectivity index (χ3n) is 7.71. The highest BCUT2D eigenvalue weighted by molar-refractivity contribution is 5.94. The third kappa shape index (κ3) is 13.5. The summed E-state index contributed by atoms with van der Waals surface area (Å²) in [5, 5.41) is 1.48. The van der Waals surface area contributed by atoms with Gasteiger partial charge in [0, 0.05) is 12.2 Å². The van der Waals surface area contributed by atoms with Crippen LogP contribution in [0.4, 0.5) is 9.59 Å². The maximum atomic E-state index is 13.0. The van der Waals surface area contributed by atoms with Crippen molar-refractivity contribution in [1.29, 1.82) is 0 Å². The van der Waals surface area contributed by atoms with Crippen LogP contribution in [0.5, 0.6) is 23.0 Å². The van der Waals surface area contributed by atoms with Crippen molar-refractivity contribution in [1.82, 2.24) is 0 Å². The number of fused-ring (bicyclic) bond motifs is 1. The molecule has 292 valence electrons. The van der Waals surface area contributed by atoms with Crippen molar-refractivity contribution in [3.05, 3.63) is 121 Å². The van der Waals surface area contributed by atoms with Crippen molar-refractivity contribution in [3.63, 3.8) is 0 Å². The predicted molar refractivity (Wildman–Crippen MR) is 201 cm³/mol. The van der Waals surface area contributed by atoms with Crippen LogP contribution in [0.25, 0.3) is 10.8 Å². The van der Waals surface area contributed by atoms with Crippen LogP contribution >= 0.6 is 0 Å². The first kappa shape index (κ1) is 41.8. The lowest BCUT2D eigenvalue weighted by molar-refractivity contribution is -0.138. The van der Waals surface area contributed by atoms with Gasteiger partial charge < -0.3 is 37.9 Å². The van der Waals surface area contributed by atoms with Gasteiger partial charge in [0.25, 0.3) is 0 Å². The van der Waals surface area contributed by atoms with Crippen LogP contribution in [0.15, 0.2) is 104 Å². The molecule has 0 spiro atoms. The topological polar surface area (TPSA) is 176 Å². The molecule has 14 heteroatoms. The minimum absolute atomic E-state index is 0.0727. The zero-order valence-corrected chi connectivity index (χ0v) is 30.7. The van der Waals surface area contributed by atoms with Gasteiger partial charge in [-0.25, -0.2) is 28.8 Å². The second-order valence-corrected chi connectivity index (χ2v) is 11.7. The van der Waals surface area contributed by atoms with Crippen molar-refractivity contribution < 1.29 is 66.7 Å². The lowest BCUT2D eigenvalue weighted by Crippen LogP contribution is -2.13. The lowest BCUT2D eigenvalue weighted by atomic mass is 10.0. The summed E-state index contributed by atoms with van der Waals surface area (Å²) in [7, 11) is 0. The summed E-state index contributed by atoms with van der Waals surface area (Å²) >= 11 is 0. The summed E-state index contributed by atoms with van der Waals surface area (Å²) in [6.45, 7) is 9.03. The third-order valence-corrected chi connectivity index (χ3v) is 7.71. The molecule has 0 bridgehead atoms. The van der Waals surface area contributed by atoms with Crippen LogP contribution in [-0.2, 0) is 35.0 Å². The summed E-state index contributed by atoms with van der Waals surface area (Å²) in [5.74, 6) is -1.32. The Bertz CT molecular complexity index is 2030. The van der Waals surface area contributed by atoms with Crippen molar-refractivity contribution in [2.75, 3.05) is 26.4 Å². The number of hydrogen-bond donors (Lipinski definition) is 0. The first-order valence-electron chi connectivity index (χ1n) is 17.6. The van der Waals surface area contributed by atoms with E-state index < -0.39 is 36.2 Å². The molecule has 0 atom stereocenters. The summed E-state index contributed by atoms with van der Waals surface area (Å²) in [5.41, 5.74) is 1.17. The van der Waals surface area contributed by atoms with E-state index in [0.717, 1.165) is 28.5 Å². The predicted octanol–water partition coefficient (Wildman–Crippen LogP) is 7.89. The highest BCUT2D eigenvalue weighted by Gasteiger charge is 2.16. The normalized spacial score (nSPS) is 10.4. The van der Waals surface area contributed by atoms with Crippen LogP contribution in [0.2, 0.25) is 0 Å². The zero-order chi connectivity index (χ0) is 40.3. The first-order valence-corrected chi connectivity index (χ1v) is 17.6. The van der Waals surface area contributed by atoms with Crippen molar-refractivity contribution in [2.45, 2.75) is 39.0 Å². The van der Waals surface area contributed by atoms with E-state index in [1.807, 2.05) is 13.0 Å². The molecular formula is C42H40O14. The van der Waals surface area contributed by atoms with Gasteiger partial charge in [-0.2, -0.15) is 0 Å². The smallest absolute Gasteiger partial charge is 0.463 e. The Labute approximate surface area is 322 Å². The molecule has 14 nitrogen and oxygen atoms in total. The maximum Gasteiger partial charge on any atom is 0.513 e. The Kier molecular flexibility index (Phi) is 16.2. The quantitative estimate of drug-likeness (QED) is 0.0225. The van der Waals surface area contributed by atoms with Gasteiger partial charge in [0.1, 0.15) is 23.0 Å². The molecular weight excluding hydrogens is 728 g/mol. The van der Waals surface area contributed by atoms with Crippen molar-refractivity contribution in [3.8, 4) is 23.0 Å². The molecule has 0 aliphatic rings. The van der Waals surface area contributed by atoms with Gasteiger partial charge in [0.2, 0.25) is 0 Å². The van der Waals surface area contributed by atoms with Crippen molar-refractivity contribution in [2.24, 2.45) is 0 Å². The Hall–Kier alpha value is -6.96. The van der Waals surface area contributed by atoms with E-state index >= 15 is 0 Å². The molecule has 0 aliphatic carbocycles. The van der Waals surface area contributed by atoms with E-state index in [9.17, 15) is 28.8 Å². The number of rotatable bonds is 19. The molecule has 0 saturated carbocycles. The lowest BCUT2D eigenvalue weighted by Gasteiger charge is -2.12. The number of hydrogen-bond acceptors (Lipinski definition) is 14. The summed E-state index contributed by atoms with van der Waals surface area (Å²) in [4.78, 5) is 71.9. The van der Waals surface area contributed by atoms with E-state index in [-0.39, 0.29) is 54.8 Å². The van der Waals surface area contributed by atoms with Crippen LogP contribution in [0.1, 0.15) is 58.9 Å². The van der Waals surface area contributed by atoms with Crippen LogP contribution < -0.4 is 18.9 Å². The minimum Gasteiger partial charge on any atom is -0.463 e. The molecule has 0 amide bonds. The van der Waals surface area contributed by atoms with Gasteiger partial charge in [0.05, 0.1) is 37.6 Å². The molecule has 0 aliphatic heterocycles. The van der Waals surface area contributed by atoms with E-state index in [1.165, 1.54) is 48.5 Å². The molecule has 0 heterocycles. The highest BCUT2D eigenvalue weighted by atomic mass is 16.7. The van der Waals surface area contributed by atoms with E-state index in [2.05, 4.69) is 13.2 Å². The van der Waals surface area contributed by atoms with Crippen molar-refractivity contribution >= 4 is 47.0 Å². The standard InChI is InChI=1S/C42H40O14/c1-4-28-25-32-26-35(53-39(45)29-11-16-33(17-12-29)54-41(47)51-23-9-7-21-49-37(43)5-2)20-15-31(32)27-36(28)56-40(46)30-13-18-34(19-14-30)55-42(48)52-24-10-8-22-50-38(44)6-3/h5-6,11-20,25-27H,2-4,7-10,21-24H2,1H3. The summed E-state index contributed by atoms with van der Waals surface area (Å²) in [6.07, 6.45) is 2.76. The fraction of sp³-hybridized carbons (Fsp3) is 0.238. The molecule has 4 aromatic rings. The number of aryl methyl sites for hydroxylation is 1. The van der Waals surface area contributed by atoms with Crippen LogP contribution in [0, 0.1) is 0 Å². The number of ether oxygens (including phenoxy) is 8. The minimum atomic E-state index is -0.916. The summed E-state index contributed by atoms with van der Waals surface area (Å²) < 4.78 is 41.3. The van der Waals surface area contributed by atoms with E-state index in [1.54, 1.807) is 24.3 Å². The fourth-order valence-electron chi connectivity index (χ4n) is 4.81. The fourth-order valence-corrected chi connectivity index (χ4v) is 4.81.